The highest BCUT2D eigenvalue weighted by Crippen LogP contribution is 2.17. The molecular formula is C19H19F2N3O2. The topological polar surface area (TPSA) is 47.4 Å². The Morgan fingerprint density at radius 3 is 2.58 bits per heavy atom. The molecule has 0 bridgehead atoms. The average molecular weight is 359 g/mol. The molecule has 0 aliphatic carbocycles. The Morgan fingerprint density at radius 1 is 1.19 bits per heavy atom. The standard InChI is InChI=1S/C19H19F2N3O2/c1-13-22-16-5-3-4-6-17(16)24(13)12-18(25)23(2)11-14-7-9-15(10-8-14)26-19(20)21/h3-10,19H,11-12H2,1-2H3. The van der Waals surface area contributed by atoms with Crippen LogP contribution in [0.15, 0.2) is 48.5 Å². The fourth-order valence-corrected chi connectivity index (χ4v) is 2.79. The number of benzene rings is 2. The molecule has 5 nitrogen and oxygen atoms in total. The van der Waals surface area contributed by atoms with Crippen LogP contribution in [0.25, 0.3) is 11.0 Å². The van der Waals surface area contributed by atoms with Crippen molar-refractivity contribution in [1.82, 2.24) is 14.5 Å². The van der Waals surface area contributed by atoms with Gasteiger partial charge in [0.05, 0.1) is 11.0 Å². The third-order valence-electron chi connectivity index (χ3n) is 4.13. The Hall–Kier alpha value is -2.96. The molecule has 0 spiro atoms. The van der Waals surface area contributed by atoms with Gasteiger partial charge in [-0.15, -0.1) is 0 Å². The minimum absolute atomic E-state index is 0.0656. The first kappa shape index (κ1) is 17.8. The molecule has 0 radical (unpaired) electrons. The maximum Gasteiger partial charge on any atom is 0.387 e. The Kier molecular flexibility index (Phi) is 5.16. The van der Waals surface area contributed by atoms with Crippen molar-refractivity contribution in [3.63, 3.8) is 0 Å². The SMILES string of the molecule is Cc1nc2ccccc2n1CC(=O)N(C)Cc1ccc(OC(F)F)cc1. The fraction of sp³-hybridized carbons (Fsp3) is 0.263. The van der Waals surface area contributed by atoms with E-state index in [1.54, 1.807) is 24.1 Å². The highest BCUT2D eigenvalue weighted by atomic mass is 19.3. The van der Waals surface area contributed by atoms with E-state index in [-0.39, 0.29) is 18.2 Å². The molecule has 3 rings (SSSR count). The zero-order valence-electron chi connectivity index (χ0n) is 14.5. The minimum atomic E-state index is -2.85. The van der Waals surface area contributed by atoms with Gasteiger partial charge < -0.3 is 14.2 Å². The number of fused-ring (bicyclic) bond motifs is 1. The van der Waals surface area contributed by atoms with Crippen LogP contribution < -0.4 is 4.74 Å². The Bertz CT molecular complexity index is 907. The Morgan fingerprint density at radius 2 is 1.88 bits per heavy atom. The van der Waals surface area contributed by atoms with Gasteiger partial charge in [0.1, 0.15) is 18.1 Å². The molecule has 0 aliphatic heterocycles. The van der Waals surface area contributed by atoms with Crippen LogP contribution in [0, 0.1) is 6.92 Å². The lowest BCUT2D eigenvalue weighted by atomic mass is 10.2. The van der Waals surface area contributed by atoms with Crippen LogP contribution in [0.3, 0.4) is 0 Å². The predicted octanol–water partition coefficient (Wildman–Crippen LogP) is 3.60. The van der Waals surface area contributed by atoms with E-state index in [4.69, 9.17) is 0 Å². The molecule has 0 atom stereocenters. The van der Waals surface area contributed by atoms with Crippen LogP contribution in [-0.2, 0) is 17.9 Å². The van der Waals surface area contributed by atoms with Gasteiger partial charge in [0, 0.05) is 13.6 Å². The summed E-state index contributed by atoms with van der Waals surface area (Å²) in [6.45, 7) is -0.414. The van der Waals surface area contributed by atoms with Gasteiger partial charge in [0.15, 0.2) is 0 Å². The number of alkyl halides is 2. The third-order valence-corrected chi connectivity index (χ3v) is 4.13. The summed E-state index contributed by atoms with van der Waals surface area (Å²) in [6.07, 6.45) is 0. The van der Waals surface area contributed by atoms with E-state index in [0.717, 1.165) is 22.4 Å². The lowest BCUT2D eigenvalue weighted by Gasteiger charge is -2.18. The molecule has 1 aromatic heterocycles. The number of aryl methyl sites for hydroxylation is 1. The first-order valence-corrected chi connectivity index (χ1v) is 8.13. The summed E-state index contributed by atoms with van der Waals surface area (Å²) >= 11 is 0. The van der Waals surface area contributed by atoms with E-state index < -0.39 is 6.61 Å². The first-order valence-electron chi connectivity index (χ1n) is 8.13. The number of carbonyl (C=O) groups is 1. The smallest absolute Gasteiger partial charge is 0.387 e. The number of ether oxygens (including phenoxy) is 1. The lowest BCUT2D eigenvalue weighted by Crippen LogP contribution is -2.30. The molecule has 0 N–H and O–H groups in total. The third kappa shape index (κ3) is 3.99. The molecule has 136 valence electrons. The van der Waals surface area contributed by atoms with Crippen molar-refractivity contribution in [3.05, 3.63) is 59.9 Å². The minimum Gasteiger partial charge on any atom is -0.435 e. The van der Waals surface area contributed by atoms with Gasteiger partial charge in [0.2, 0.25) is 5.91 Å². The van der Waals surface area contributed by atoms with Crippen molar-refractivity contribution in [2.45, 2.75) is 26.6 Å². The molecule has 0 unspecified atom stereocenters. The van der Waals surface area contributed by atoms with Gasteiger partial charge in [0.25, 0.3) is 0 Å². The number of nitrogens with zero attached hydrogens (tertiary/aromatic N) is 3. The highest BCUT2D eigenvalue weighted by Gasteiger charge is 2.14. The van der Waals surface area contributed by atoms with Gasteiger partial charge in [-0.3, -0.25) is 4.79 Å². The number of carbonyl (C=O) groups excluding carboxylic acids is 1. The second kappa shape index (κ2) is 7.51. The van der Waals surface area contributed by atoms with E-state index >= 15 is 0 Å². The molecule has 0 aliphatic rings. The number of hydrogen-bond donors (Lipinski definition) is 0. The summed E-state index contributed by atoms with van der Waals surface area (Å²) < 4.78 is 30.6. The molecule has 7 heteroatoms. The quantitative estimate of drug-likeness (QED) is 0.676. The van der Waals surface area contributed by atoms with Gasteiger partial charge in [-0.25, -0.2) is 4.98 Å². The number of amides is 1. The largest absolute Gasteiger partial charge is 0.435 e. The summed E-state index contributed by atoms with van der Waals surface area (Å²) in [6, 6.07) is 13.9. The number of rotatable bonds is 6. The predicted molar refractivity (Wildman–Crippen MR) is 94.0 cm³/mol. The van der Waals surface area contributed by atoms with Crippen LogP contribution in [0.5, 0.6) is 5.75 Å². The van der Waals surface area contributed by atoms with Crippen molar-refractivity contribution in [2.24, 2.45) is 0 Å². The van der Waals surface area contributed by atoms with Gasteiger partial charge in [-0.1, -0.05) is 24.3 Å². The van der Waals surface area contributed by atoms with E-state index in [2.05, 4.69) is 9.72 Å². The van der Waals surface area contributed by atoms with Crippen LogP contribution in [0.2, 0.25) is 0 Å². The zero-order chi connectivity index (χ0) is 18.7. The van der Waals surface area contributed by atoms with Crippen LogP contribution in [0.4, 0.5) is 8.78 Å². The first-order chi connectivity index (χ1) is 12.4. The zero-order valence-corrected chi connectivity index (χ0v) is 14.5. The Labute approximate surface area is 149 Å². The van der Waals surface area contributed by atoms with Crippen LogP contribution in [0.1, 0.15) is 11.4 Å². The summed E-state index contributed by atoms with van der Waals surface area (Å²) in [4.78, 5) is 18.6. The molecule has 26 heavy (non-hydrogen) atoms. The van der Waals surface area contributed by atoms with Gasteiger partial charge >= 0.3 is 6.61 Å². The molecule has 2 aromatic carbocycles. The number of halogens is 2. The lowest BCUT2D eigenvalue weighted by molar-refractivity contribution is -0.131. The van der Waals surface area contributed by atoms with Crippen LogP contribution in [-0.4, -0.2) is 34.0 Å². The summed E-state index contributed by atoms with van der Waals surface area (Å²) in [5.41, 5.74) is 2.60. The number of hydrogen-bond acceptors (Lipinski definition) is 3. The van der Waals surface area contributed by atoms with Gasteiger partial charge in [-0.2, -0.15) is 8.78 Å². The normalized spacial score (nSPS) is 11.1. The van der Waals surface area contributed by atoms with Crippen molar-refractivity contribution < 1.29 is 18.3 Å². The van der Waals surface area contributed by atoms with Gasteiger partial charge in [-0.05, 0) is 36.8 Å². The molecular weight excluding hydrogens is 340 g/mol. The number of imidazole rings is 1. The summed E-state index contributed by atoms with van der Waals surface area (Å²) in [5, 5.41) is 0. The molecule has 1 amide bonds. The monoisotopic (exact) mass is 359 g/mol. The number of likely N-dealkylation sites (N-methyl/N-ethyl adjacent to an activating group) is 1. The molecule has 1 heterocycles. The molecule has 3 aromatic rings. The fourth-order valence-electron chi connectivity index (χ4n) is 2.79. The average Bonchev–Trinajstić information content (AvgIpc) is 2.92. The molecule has 0 saturated heterocycles. The van der Waals surface area contributed by atoms with Crippen molar-refractivity contribution in [2.75, 3.05) is 7.05 Å². The van der Waals surface area contributed by atoms with E-state index in [9.17, 15) is 13.6 Å². The van der Waals surface area contributed by atoms with E-state index in [1.807, 2.05) is 35.8 Å². The maximum atomic E-state index is 12.6. The van der Waals surface area contributed by atoms with E-state index in [0.29, 0.717) is 6.54 Å². The summed E-state index contributed by atoms with van der Waals surface area (Å²) in [5.74, 6) is 0.809. The molecule has 0 fully saturated rings. The summed E-state index contributed by atoms with van der Waals surface area (Å²) in [7, 11) is 1.71. The maximum absolute atomic E-state index is 12.6. The molecule has 0 saturated carbocycles. The Balaban J connectivity index is 1.67. The van der Waals surface area contributed by atoms with Crippen molar-refractivity contribution >= 4 is 16.9 Å². The van der Waals surface area contributed by atoms with Crippen molar-refractivity contribution in [1.29, 1.82) is 0 Å². The van der Waals surface area contributed by atoms with E-state index in [1.165, 1.54) is 12.1 Å². The number of aromatic nitrogens is 2. The highest BCUT2D eigenvalue weighted by molar-refractivity contribution is 5.81. The number of para-hydroxylation sites is 2. The second-order valence-electron chi connectivity index (χ2n) is 6.01. The van der Waals surface area contributed by atoms with Crippen molar-refractivity contribution in [3.8, 4) is 5.75 Å². The van der Waals surface area contributed by atoms with Crippen LogP contribution >= 0.6 is 0 Å². The second-order valence-corrected chi connectivity index (χ2v) is 6.01.